The van der Waals surface area contributed by atoms with Gasteiger partial charge in [0.1, 0.15) is 0 Å². The van der Waals surface area contributed by atoms with E-state index in [0.29, 0.717) is 0 Å². The Hall–Kier alpha value is 0.780. The number of halogens is 1. The molecular formula is C6H10INS. The molecule has 9 heavy (non-hydrogen) atoms. The molecule has 0 saturated heterocycles. The highest BCUT2D eigenvalue weighted by molar-refractivity contribution is 14.2. The predicted octanol–water partition coefficient (Wildman–Crippen LogP) is 2.64. The van der Waals surface area contributed by atoms with Crippen LogP contribution < -0.4 is 0 Å². The van der Waals surface area contributed by atoms with E-state index in [0.717, 1.165) is 6.54 Å². The van der Waals surface area contributed by atoms with E-state index in [-0.39, 0.29) is 0 Å². The van der Waals surface area contributed by atoms with Crippen LogP contribution >= 0.6 is 30.3 Å². The number of hydrogen-bond donors (Lipinski definition) is 0. The average Bonchev–Trinajstić information content (AvgIpc) is 2.13. The topological polar surface area (TPSA) is 3.24 Å². The number of nitrogens with zero attached hydrogens (tertiary/aromatic N) is 1. The largest absolute Gasteiger partial charge is 0.238 e. The van der Waals surface area contributed by atoms with Crippen molar-refractivity contribution in [2.75, 3.05) is 13.1 Å². The summed E-state index contributed by atoms with van der Waals surface area (Å²) in [5, 5.41) is 0. The lowest BCUT2D eigenvalue weighted by molar-refractivity contribution is 0.522. The van der Waals surface area contributed by atoms with Gasteiger partial charge in [0.2, 0.25) is 0 Å². The van der Waals surface area contributed by atoms with Gasteiger partial charge in [-0.15, -0.1) is 0 Å². The van der Waals surface area contributed by atoms with Gasteiger partial charge in [-0.25, -0.2) is 4.31 Å². The molecule has 1 aliphatic heterocycles. The van der Waals surface area contributed by atoms with E-state index < -0.39 is 0 Å². The fraction of sp³-hybridized carbons (Fsp3) is 0.667. The molecule has 1 heterocycles. The van der Waals surface area contributed by atoms with Crippen LogP contribution in [0.1, 0.15) is 12.8 Å². The Morgan fingerprint density at radius 1 is 1.44 bits per heavy atom. The standard InChI is InChI=1S/C6H10INS/c7-9-8-5-3-1-2-4-6-8/h1,3H,2,4-6H2. The Morgan fingerprint density at radius 3 is 3.11 bits per heavy atom. The minimum absolute atomic E-state index is 1.12. The first-order valence-electron chi connectivity index (χ1n) is 3.12. The van der Waals surface area contributed by atoms with Crippen LogP contribution in [-0.4, -0.2) is 17.4 Å². The second-order valence-electron chi connectivity index (χ2n) is 2.07. The van der Waals surface area contributed by atoms with Crippen molar-refractivity contribution in [2.45, 2.75) is 12.8 Å². The second-order valence-corrected chi connectivity index (χ2v) is 3.91. The smallest absolute Gasteiger partial charge is 0.0277 e. The molecule has 3 heteroatoms. The van der Waals surface area contributed by atoms with E-state index >= 15 is 0 Å². The van der Waals surface area contributed by atoms with Crippen LogP contribution in [0.3, 0.4) is 0 Å². The first kappa shape index (κ1) is 7.88. The molecule has 0 radical (unpaired) electrons. The highest BCUT2D eigenvalue weighted by atomic mass is 127. The molecule has 0 aromatic carbocycles. The summed E-state index contributed by atoms with van der Waals surface area (Å²) in [6.45, 7) is 2.36. The molecule has 0 aliphatic carbocycles. The molecule has 1 aliphatic rings. The van der Waals surface area contributed by atoms with E-state index in [1.54, 1.807) is 0 Å². The molecule has 1 nitrogen and oxygen atoms in total. The van der Waals surface area contributed by atoms with E-state index in [2.05, 4.69) is 37.7 Å². The number of hydrogen-bond acceptors (Lipinski definition) is 2. The summed E-state index contributed by atoms with van der Waals surface area (Å²) >= 11 is 2.33. The van der Waals surface area contributed by atoms with Crippen molar-refractivity contribution in [3.8, 4) is 0 Å². The van der Waals surface area contributed by atoms with Crippen LogP contribution in [0.15, 0.2) is 12.2 Å². The van der Waals surface area contributed by atoms with Gasteiger partial charge in [0, 0.05) is 34.3 Å². The maximum atomic E-state index is 2.37. The third-order valence-electron chi connectivity index (χ3n) is 1.35. The van der Waals surface area contributed by atoms with Gasteiger partial charge in [-0.2, -0.15) is 0 Å². The summed E-state index contributed by atoms with van der Waals surface area (Å²) in [5.41, 5.74) is 0. The minimum Gasteiger partial charge on any atom is -0.238 e. The normalized spacial score (nSPS) is 21.9. The number of rotatable bonds is 1. The Morgan fingerprint density at radius 2 is 2.33 bits per heavy atom. The third-order valence-corrected chi connectivity index (χ3v) is 3.55. The molecule has 0 saturated carbocycles. The average molecular weight is 255 g/mol. The van der Waals surface area contributed by atoms with Gasteiger partial charge in [-0.3, -0.25) is 0 Å². The highest BCUT2D eigenvalue weighted by Gasteiger charge is 2.02. The molecule has 1 rings (SSSR count). The Kier molecular flexibility index (Phi) is 4.01. The third kappa shape index (κ3) is 2.91. The zero-order chi connectivity index (χ0) is 6.53. The molecule has 0 N–H and O–H groups in total. The van der Waals surface area contributed by atoms with Gasteiger partial charge >= 0.3 is 0 Å². The SMILES string of the molecule is ISN1CC=CCCC1. The van der Waals surface area contributed by atoms with Gasteiger partial charge in [0.05, 0.1) is 0 Å². The predicted molar refractivity (Wildman–Crippen MR) is 51.6 cm³/mol. The van der Waals surface area contributed by atoms with Gasteiger partial charge in [0.25, 0.3) is 0 Å². The van der Waals surface area contributed by atoms with Crippen molar-refractivity contribution in [3.63, 3.8) is 0 Å². The van der Waals surface area contributed by atoms with Gasteiger partial charge in [0.15, 0.2) is 0 Å². The lowest BCUT2D eigenvalue weighted by Crippen LogP contribution is -2.13. The van der Waals surface area contributed by atoms with Crippen LogP contribution in [0.4, 0.5) is 0 Å². The molecule has 0 bridgehead atoms. The fourth-order valence-electron chi connectivity index (χ4n) is 0.849. The molecule has 0 fully saturated rings. The zero-order valence-electron chi connectivity index (χ0n) is 5.22. The van der Waals surface area contributed by atoms with E-state index in [1.807, 2.05) is 9.12 Å². The van der Waals surface area contributed by atoms with Crippen LogP contribution in [0.25, 0.3) is 0 Å². The summed E-state index contributed by atoms with van der Waals surface area (Å²) in [6.07, 6.45) is 7.09. The first-order valence-corrected chi connectivity index (χ1v) is 6.44. The highest BCUT2D eigenvalue weighted by Crippen LogP contribution is 2.20. The molecule has 0 aromatic heterocycles. The van der Waals surface area contributed by atoms with Crippen molar-refractivity contribution < 1.29 is 0 Å². The van der Waals surface area contributed by atoms with Crippen molar-refractivity contribution in [3.05, 3.63) is 12.2 Å². The van der Waals surface area contributed by atoms with E-state index in [4.69, 9.17) is 0 Å². The van der Waals surface area contributed by atoms with Gasteiger partial charge in [-0.1, -0.05) is 12.2 Å². The Bertz CT molecular complexity index is 105. The lowest BCUT2D eigenvalue weighted by atomic mass is 10.3. The number of allylic oxidation sites excluding steroid dienone is 1. The maximum Gasteiger partial charge on any atom is 0.0277 e. The summed E-state index contributed by atoms with van der Waals surface area (Å²) in [7, 11) is 1.81. The minimum atomic E-state index is 1.12. The molecule has 0 aromatic rings. The summed E-state index contributed by atoms with van der Waals surface area (Å²) in [4.78, 5) is 0. The molecule has 0 spiro atoms. The first-order chi connectivity index (χ1) is 4.43. The van der Waals surface area contributed by atoms with Crippen molar-refractivity contribution >= 4 is 30.3 Å². The molecule has 0 atom stereocenters. The Labute approximate surface area is 72.6 Å². The van der Waals surface area contributed by atoms with E-state index in [1.165, 1.54) is 19.4 Å². The fourth-order valence-corrected chi connectivity index (χ4v) is 2.26. The van der Waals surface area contributed by atoms with Crippen molar-refractivity contribution in [1.82, 2.24) is 4.31 Å². The van der Waals surface area contributed by atoms with Gasteiger partial charge in [-0.05, 0) is 22.0 Å². The molecule has 52 valence electrons. The van der Waals surface area contributed by atoms with Crippen LogP contribution in [0.5, 0.6) is 0 Å². The quantitative estimate of drug-likeness (QED) is 0.402. The Balaban J connectivity index is 2.29. The summed E-state index contributed by atoms with van der Waals surface area (Å²) < 4.78 is 2.37. The van der Waals surface area contributed by atoms with Crippen LogP contribution in [0, 0.1) is 0 Å². The summed E-state index contributed by atoms with van der Waals surface area (Å²) in [5.74, 6) is 0. The van der Waals surface area contributed by atoms with Crippen molar-refractivity contribution in [2.24, 2.45) is 0 Å². The molecule has 0 amide bonds. The van der Waals surface area contributed by atoms with Crippen LogP contribution in [0.2, 0.25) is 0 Å². The van der Waals surface area contributed by atoms with E-state index in [9.17, 15) is 0 Å². The monoisotopic (exact) mass is 255 g/mol. The van der Waals surface area contributed by atoms with Crippen molar-refractivity contribution in [1.29, 1.82) is 0 Å². The zero-order valence-corrected chi connectivity index (χ0v) is 8.19. The molecule has 0 unspecified atom stereocenters. The second kappa shape index (κ2) is 4.57. The van der Waals surface area contributed by atoms with Crippen LogP contribution in [-0.2, 0) is 0 Å². The maximum absolute atomic E-state index is 2.37. The lowest BCUT2D eigenvalue weighted by Gasteiger charge is -2.12. The summed E-state index contributed by atoms with van der Waals surface area (Å²) in [6, 6.07) is 0. The molecular weight excluding hydrogens is 245 g/mol. The van der Waals surface area contributed by atoms with Gasteiger partial charge < -0.3 is 0 Å².